The molecule has 0 saturated heterocycles. The zero-order valence-electron chi connectivity index (χ0n) is 10.9. The second-order valence-electron chi connectivity index (χ2n) is 4.25. The molecule has 7 nitrogen and oxygen atoms in total. The molecular formula is C13H13N3O4S. The van der Waals surface area contributed by atoms with Gasteiger partial charge in [0, 0.05) is 12.7 Å². The molecule has 1 aromatic carbocycles. The molecule has 0 radical (unpaired) electrons. The Balaban J connectivity index is 2.11. The molecule has 0 saturated carbocycles. The van der Waals surface area contributed by atoms with E-state index in [2.05, 4.69) is 10.3 Å². The first-order valence-electron chi connectivity index (χ1n) is 5.92. The Hall–Kier alpha value is -2.45. The van der Waals surface area contributed by atoms with Crippen LogP contribution < -0.4 is 10.5 Å². The van der Waals surface area contributed by atoms with Crippen molar-refractivity contribution in [1.82, 2.24) is 10.3 Å². The number of nitrogens with zero attached hydrogens (tertiary/aromatic N) is 1. The number of hydrogen-bond acceptors (Lipinski definition) is 5. The van der Waals surface area contributed by atoms with Crippen molar-refractivity contribution in [2.75, 3.05) is 0 Å². The van der Waals surface area contributed by atoms with Crippen molar-refractivity contribution in [2.24, 2.45) is 5.14 Å². The standard InChI is InChI=1S/C13H13N3O4S/c14-21(19,20)10-4-1-3-9(7-10)8-16-13(18)12-11(17)5-2-6-15-12/h1-7,17H,8H2,(H,16,18)(H2,14,19,20). The molecule has 1 heterocycles. The minimum absolute atomic E-state index is 0.0325. The number of primary sulfonamides is 1. The quantitative estimate of drug-likeness (QED) is 0.753. The van der Waals surface area contributed by atoms with Crippen molar-refractivity contribution < 1.29 is 18.3 Å². The topological polar surface area (TPSA) is 122 Å². The van der Waals surface area contributed by atoms with Crippen LogP contribution in [0.25, 0.3) is 0 Å². The summed E-state index contributed by atoms with van der Waals surface area (Å²) in [6.45, 7) is 0.0816. The molecule has 2 rings (SSSR count). The van der Waals surface area contributed by atoms with E-state index in [0.29, 0.717) is 5.56 Å². The molecule has 0 aliphatic carbocycles. The predicted molar refractivity (Wildman–Crippen MR) is 74.9 cm³/mol. The highest BCUT2D eigenvalue weighted by Gasteiger charge is 2.12. The van der Waals surface area contributed by atoms with E-state index in [-0.39, 0.29) is 22.9 Å². The van der Waals surface area contributed by atoms with Crippen molar-refractivity contribution in [3.8, 4) is 5.75 Å². The van der Waals surface area contributed by atoms with Gasteiger partial charge in [0.05, 0.1) is 4.90 Å². The summed E-state index contributed by atoms with van der Waals surface area (Å²) in [5.41, 5.74) is 0.463. The molecule has 1 aromatic heterocycles. The number of amides is 1. The molecule has 1 amide bonds. The number of aromatic hydroxyl groups is 1. The third-order valence-electron chi connectivity index (χ3n) is 2.68. The fourth-order valence-electron chi connectivity index (χ4n) is 1.67. The summed E-state index contributed by atoms with van der Waals surface area (Å²) >= 11 is 0. The van der Waals surface area contributed by atoms with E-state index >= 15 is 0 Å². The van der Waals surface area contributed by atoms with E-state index in [1.807, 2.05) is 0 Å². The van der Waals surface area contributed by atoms with E-state index in [4.69, 9.17) is 5.14 Å². The summed E-state index contributed by atoms with van der Waals surface area (Å²) in [6, 6.07) is 8.76. The number of nitrogens with two attached hydrogens (primary N) is 1. The lowest BCUT2D eigenvalue weighted by atomic mass is 10.2. The molecular weight excluding hydrogens is 294 g/mol. The van der Waals surface area contributed by atoms with Crippen LogP contribution in [0.4, 0.5) is 0 Å². The number of nitrogens with one attached hydrogen (secondary N) is 1. The van der Waals surface area contributed by atoms with Crippen LogP contribution in [0.3, 0.4) is 0 Å². The SMILES string of the molecule is NS(=O)(=O)c1cccc(CNC(=O)c2ncccc2O)c1. The van der Waals surface area contributed by atoms with Crippen LogP contribution in [0.2, 0.25) is 0 Å². The fourth-order valence-corrected chi connectivity index (χ4v) is 2.25. The summed E-state index contributed by atoms with van der Waals surface area (Å²) < 4.78 is 22.5. The Bertz CT molecular complexity index is 774. The van der Waals surface area contributed by atoms with Crippen LogP contribution in [0.5, 0.6) is 5.75 Å². The van der Waals surface area contributed by atoms with Gasteiger partial charge in [0.25, 0.3) is 5.91 Å². The van der Waals surface area contributed by atoms with Gasteiger partial charge in [-0.25, -0.2) is 18.5 Å². The Labute approximate surface area is 121 Å². The maximum atomic E-state index is 11.8. The summed E-state index contributed by atoms with van der Waals surface area (Å²) in [7, 11) is -3.79. The molecule has 0 bridgehead atoms. The number of benzene rings is 1. The third kappa shape index (κ3) is 3.77. The summed E-state index contributed by atoms with van der Waals surface area (Å²) in [6.07, 6.45) is 1.39. The second kappa shape index (κ2) is 5.90. The van der Waals surface area contributed by atoms with Gasteiger partial charge < -0.3 is 10.4 Å². The molecule has 0 spiro atoms. The molecule has 0 unspecified atom stereocenters. The lowest BCUT2D eigenvalue weighted by Crippen LogP contribution is -2.24. The average Bonchev–Trinajstić information content (AvgIpc) is 2.45. The molecule has 0 fully saturated rings. The maximum absolute atomic E-state index is 11.8. The first-order valence-corrected chi connectivity index (χ1v) is 7.46. The van der Waals surface area contributed by atoms with Crippen molar-refractivity contribution in [3.05, 3.63) is 53.9 Å². The number of aromatic nitrogens is 1. The summed E-state index contributed by atoms with van der Waals surface area (Å²) in [5, 5.41) is 17.1. The van der Waals surface area contributed by atoms with Gasteiger partial charge in [-0.15, -0.1) is 0 Å². The largest absolute Gasteiger partial charge is 0.505 e. The van der Waals surface area contributed by atoms with E-state index in [1.54, 1.807) is 6.07 Å². The average molecular weight is 307 g/mol. The third-order valence-corrected chi connectivity index (χ3v) is 3.59. The number of rotatable bonds is 4. The lowest BCUT2D eigenvalue weighted by Gasteiger charge is -2.07. The minimum atomic E-state index is -3.79. The van der Waals surface area contributed by atoms with Crippen molar-refractivity contribution in [3.63, 3.8) is 0 Å². The van der Waals surface area contributed by atoms with Crippen LogP contribution in [0, 0.1) is 0 Å². The van der Waals surface area contributed by atoms with Gasteiger partial charge in [-0.05, 0) is 29.8 Å². The predicted octanol–water partition coefficient (Wildman–Crippen LogP) is 0.365. The van der Waals surface area contributed by atoms with Gasteiger partial charge >= 0.3 is 0 Å². The van der Waals surface area contributed by atoms with Gasteiger partial charge in [0.15, 0.2) is 5.69 Å². The van der Waals surface area contributed by atoms with Gasteiger partial charge in [-0.2, -0.15) is 0 Å². The highest BCUT2D eigenvalue weighted by molar-refractivity contribution is 7.89. The molecule has 0 atom stereocenters. The molecule has 8 heteroatoms. The molecule has 0 aliphatic heterocycles. The number of sulfonamides is 1. The Kier molecular flexibility index (Phi) is 4.20. The zero-order valence-corrected chi connectivity index (χ0v) is 11.7. The molecule has 4 N–H and O–H groups in total. The highest BCUT2D eigenvalue weighted by Crippen LogP contribution is 2.13. The zero-order chi connectivity index (χ0) is 15.5. The molecule has 110 valence electrons. The molecule has 21 heavy (non-hydrogen) atoms. The van der Waals surface area contributed by atoms with Crippen molar-refractivity contribution in [2.45, 2.75) is 11.4 Å². The monoisotopic (exact) mass is 307 g/mol. The van der Waals surface area contributed by atoms with Crippen LogP contribution in [0.15, 0.2) is 47.5 Å². The van der Waals surface area contributed by atoms with E-state index in [0.717, 1.165) is 0 Å². The maximum Gasteiger partial charge on any atom is 0.273 e. The first-order chi connectivity index (χ1) is 9.88. The van der Waals surface area contributed by atoms with Gasteiger partial charge in [0.1, 0.15) is 5.75 Å². The molecule has 0 aliphatic rings. The van der Waals surface area contributed by atoms with Crippen LogP contribution in [-0.4, -0.2) is 24.4 Å². The summed E-state index contributed by atoms with van der Waals surface area (Å²) in [4.78, 5) is 15.6. The normalized spacial score (nSPS) is 11.1. The molecule has 2 aromatic rings. The van der Waals surface area contributed by atoms with Gasteiger partial charge in [-0.3, -0.25) is 4.79 Å². The van der Waals surface area contributed by atoms with Gasteiger partial charge in [-0.1, -0.05) is 12.1 Å². The van der Waals surface area contributed by atoms with E-state index < -0.39 is 15.9 Å². The number of pyridine rings is 1. The van der Waals surface area contributed by atoms with Gasteiger partial charge in [0.2, 0.25) is 10.0 Å². The van der Waals surface area contributed by atoms with E-state index in [9.17, 15) is 18.3 Å². The van der Waals surface area contributed by atoms with Crippen LogP contribution >= 0.6 is 0 Å². The highest BCUT2D eigenvalue weighted by atomic mass is 32.2. The van der Waals surface area contributed by atoms with Crippen molar-refractivity contribution in [1.29, 1.82) is 0 Å². The van der Waals surface area contributed by atoms with Crippen molar-refractivity contribution >= 4 is 15.9 Å². The number of hydrogen-bond donors (Lipinski definition) is 3. The second-order valence-corrected chi connectivity index (χ2v) is 5.81. The number of carbonyl (C=O) groups excluding carboxylic acids is 1. The fraction of sp³-hybridized carbons (Fsp3) is 0.0769. The summed E-state index contributed by atoms with van der Waals surface area (Å²) in [5.74, 6) is -0.789. The minimum Gasteiger partial charge on any atom is -0.505 e. The smallest absolute Gasteiger partial charge is 0.273 e. The lowest BCUT2D eigenvalue weighted by molar-refractivity contribution is 0.0943. The Morgan fingerprint density at radius 1 is 1.29 bits per heavy atom. The Morgan fingerprint density at radius 3 is 2.71 bits per heavy atom. The van der Waals surface area contributed by atoms with Crippen LogP contribution in [-0.2, 0) is 16.6 Å². The Morgan fingerprint density at radius 2 is 2.05 bits per heavy atom. The van der Waals surface area contributed by atoms with Crippen LogP contribution in [0.1, 0.15) is 16.1 Å². The number of carbonyl (C=O) groups is 1. The van der Waals surface area contributed by atoms with E-state index in [1.165, 1.54) is 36.5 Å². The first kappa shape index (κ1) is 14.9.